The van der Waals surface area contributed by atoms with Crippen LogP contribution in [0.2, 0.25) is 5.02 Å². The first-order valence-corrected chi connectivity index (χ1v) is 13.8. The van der Waals surface area contributed by atoms with E-state index in [1.54, 1.807) is 0 Å². The SMILES string of the molecule is O=CC1(N2CCc3ccccc3C2CCN2CCC(c3c[nH]c4c(Cl)cccc34)CC2)CCCC1. The van der Waals surface area contributed by atoms with Gasteiger partial charge in [0.05, 0.1) is 16.1 Å². The smallest absolute Gasteiger partial charge is 0.140 e. The second kappa shape index (κ2) is 9.72. The predicted octanol–water partition coefficient (Wildman–Crippen LogP) is 6.50. The van der Waals surface area contributed by atoms with Crippen molar-refractivity contribution in [3.8, 4) is 0 Å². The number of piperidine rings is 1. The average Bonchev–Trinajstić information content (AvgIpc) is 3.56. The summed E-state index contributed by atoms with van der Waals surface area (Å²) >= 11 is 6.40. The normalized spacial score (nSPS) is 23.5. The van der Waals surface area contributed by atoms with Crippen molar-refractivity contribution in [3.63, 3.8) is 0 Å². The summed E-state index contributed by atoms with van der Waals surface area (Å²) in [5.41, 5.74) is 5.17. The minimum absolute atomic E-state index is 0.248. The van der Waals surface area contributed by atoms with Gasteiger partial charge in [0.25, 0.3) is 0 Å². The zero-order valence-corrected chi connectivity index (χ0v) is 21.3. The highest BCUT2D eigenvalue weighted by Crippen LogP contribution is 2.43. The number of fused-ring (bicyclic) bond motifs is 2. The van der Waals surface area contributed by atoms with Gasteiger partial charge in [0, 0.05) is 24.2 Å². The van der Waals surface area contributed by atoms with E-state index >= 15 is 0 Å². The van der Waals surface area contributed by atoms with Crippen molar-refractivity contribution >= 4 is 28.8 Å². The summed E-state index contributed by atoms with van der Waals surface area (Å²) in [6, 6.07) is 15.5. The summed E-state index contributed by atoms with van der Waals surface area (Å²) in [6.45, 7) is 4.36. The van der Waals surface area contributed by atoms with Crippen LogP contribution in [0.15, 0.2) is 48.7 Å². The molecule has 0 spiro atoms. The Balaban J connectivity index is 1.15. The van der Waals surface area contributed by atoms with Crippen molar-refractivity contribution in [2.24, 2.45) is 0 Å². The number of aldehydes is 1. The third-order valence-corrected chi connectivity index (χ3v) is 9.43. The predicted molar refractivity (Wildman–Crippen MR) is 143 cm³/mol. The van der Waals surface area contributed by atoms with E-state index < -0.39 is 0 Å². The summed E-state index contributed by atoms with van der Waals surface area (Å²) < 4.78 is 0. The third kappa shape index (κ3) is 4.24. The molecule has 0 radical (unpaired) electrons. The fourth-order valence-electron chi connectivity index (χ4n) is 7.21. The van der Waals surface area contributed by atoms with Crippen molar-refractivity contribution in [1.29, 1.82) is 0 Å². The number of nitrogens with one attached hydrogen (secondary N) is 1. The summed E-state index contributed by atoms with van der Waals surface area (Å²) in [6.07, 6.45) is 12.4. The molecule has 0 bridgehead atoms. The van der Waals surface area contributed by atoms with Gasteiger partial charge in [0.2, 0.25) is 0 Å². The van der Waals surface area contributed by atoms with Crippen LogP contribution < -0.4 is 0 Å². The molecule has 1 saturated carbocycles. The van der Waals surface area contributed by atoms with Crippen LogP contribution >= 0.6 is 11.6 Å². The minimum Gasteiger partial charge on any atom is -0.360 e. The second-order valence-electron chi connectivity index (χ2n) is 10.9. The lowest BCUT2D eigenvalue weighted by atomic mass is 9.84. The van der Waals surface area contributed by atoms with Crippen LogP contribution in [0.3, 0.4) is 0 Å². The highest BCUT2D eigenvalue weighted by atomic mass is 35.5. The minimum atomic E-state index is -0.248. The molecule has 0 amide bonds. The Morgan fingerprint density at radius 2 is 1.80 bits per heavy atom. The molecule has 5 heteroatoms. The average molecular weight is 490 g/mol. The number of hydrogen-bond acceptors (Lipinski definition) is 3. The maximum atomic E-state index is 12.4. The van der Waals surface area contributed by atoms with E-state index in [0.717, 1.165) is 62.4 Å². The van der Waals surface area contributed by atoms with Gasteiger partial charge in [-0.1, -0.05) is 60.8 Å². The van der Waals surface area contributed by atoms with Crippen LogP contribution in [0.25, 0.3) is 10.9 Å². The molecule has 2 aromatic carbocycles. The molecule has 3 aromatic rings. The molecule has 1 atom stereocenters. The van der Waals surface area contributed by atoms with E-state index in [2.05, 4.69) is 57.4 Å². The zero-order chi connectivity index (χ0) is 23.8. The van der Waals surface area contributed by atoms with Crippen LogP contribution in [0.4, 0.5) is 0 Å². The standard InChI is InChI=1S/C30H36ClN3O/c31-27-9-5-8-25-26(20-32-29(25)27)23-10-16-33(17-11-23)18-13-28-24-7-2-1-6-22(24)12-19-34(28)30(21-35)14-3-4-15-30/h1-2,5-9,20-21,23,28,32H,3-4,10-19H2. The lowest BCUT2D eigenvalue weighted by molar-refractivity contribution is -0.121. The Kier molecular flexibility index (Phi) is 6.46. The first-order chi connectivity index (χ1) is 17.2. The molecule has 6 rings (SSSR count). The van der Waals surface area contributed by atoms with Gasteiger partial charge in [-0.15, -0.1) is 0 Å². The van der Waals surface area contributed by atoms with E-state index in [0.29, 0.717) is 12.0 Å². The van der Waals surface area contributed by atoms with Crippen molar-refractivity contribution in [2.75, 3.05) is 26.2 Å². The molecule has 1 aromatic heterocycles. The van der Waals surface area contributed by atoms with E-state index in [4.69, 9.17) is 11.6 Å². The Morgan fingerprint density at radius 3 is 2.60 bits per heavy atom. The number of aromatic amines is 1. The molecule has 3 aliphatic rings. The Bertz CT molecular complexity index is 1190. The van der Waals surface area contributed by atoms with E-state index in [1.165, 1.54) is 54.0 Å². The monoisotopic (exact) mass is 489 g/mol. The van der Waals surface area contributed by atoms with Crippen molar-refractivity contribution in [2.45, 2.75) is 68.9 Å². The number of nitrogens with zero attached hydrogens (tertiary/aromatic N) is 2. The maximum absolute atomic E-state index is 12.4. The van der Waals surface area contributed by atoms with E-state index in [1.807, 2.05) is 6.07 Å². The Morgan fingerprint density at radius 1 is 1.00 bits per heavy atom. The molecule has 1 aliphatic carbocycles. The number of likely N-dealkylation sites (tertiary alicyclic amines) is 1. The first-order valence-electron chi connectivity index (χ1n) is 13.5. The number of halogens is 1. The van der Waals surface area contributed by atoms with Crippen LogP contribution in [0.1, 0.15) is 73.6 Å². The van der Waals surface area contributed by atoms with Crippen LogP contribution in [0, 0.1) is 0 Å². The van der Waals surface area contributed by atoms with Gasteiger partial charge in [-0.2, -0.15) is 0 Å². The van der Waals surface area contributed by atoms with Gasteiger partial charge in [-0.25, -0.2) is 0 Å². The largest absolute Gasteiger partial charge is 0.360 e. The van der Waals surface area contributed by atoms with Crippen molar-refractivity contribution in [1.82, 2.24) is 14.8 Å². The molecule has 1 unspecified atom stereocenters. The molecular weight excluding hydrogens is 454 g/mol. The van der Waals surface area contributed by atoms with Gasteiger partial charge < -0.3 is 14.7 Å². The van der Waals surface area contributed by atoms with E-state index in [9.17, 15) is 4.79 Å². The molecule has 3 heterocycles. The van der Waals surface area contributed by atoms with Crippen molar-refractivity contribution < 1.29 is 4.79 Å². The van der Waals surface area contributed by atoms with Gasteiger partial charge in [-0.3, -0.25) is 4.90 Å². The number of rotatable bonds is 6. The topological polar surface area (TPSA) is 39.3 Å². The number of aromatic nitrogens is 1. The maximum Gasteiger partial charge on any atom is 0.140 e. The lowest BCUT2D eigenvalue weighted by Crippen LogP contribution is -2.53. The van der Waals surface area contributed by atoms with E-state index in [-0.39, 0.29) is 5.54 Å². The Hall–Kier alpha value is -2.14. The van der Waals surface area contributed by atoms with Crippen LogP contribution in [-0.2, 0) is 11.2 Å². The molecule has 2 fully saturated rings. The summed E-state index contributed by atoms with van der Waals surface area (Å²) in [4.78, 5) is 21.0. The molecule has 1 saturated heterocycles. The number of para-hydroxylation sites is 1. The number of hydrogen-bond donors (Lipinski definition) is 1. The zero-order valence-electron chi connectivity index (χ0n) is 20.5. The highest BCUT2D eigenvalue weighted by Gasteiger charge is 2.44. The number of benzene rings is 2. The van der Waals surface area contributed by atoms with Gasteiger partial charge in [0.15, 0.2) is 0 Å². The molecule has 2 aliphatic heterocycles. The van der Waals surface area contributed by atoms with Crippen LogP contribution in [-0.4, -0.2) is 52.8 Å². The summed E-state index contributed by atoms with van der Waals surface area (Å²) in [5, 5.41) is 2.08. The van der Waals surface area contributed by atoms with Gasteiger partial charge in [-0.05, 0) is 86.8 Å². The molecule has 4 nitrogen and oxygen atoms in total. The quantitative estimate of drug-likeness (QED) is 0.401. The number of H-pyrrole nitrogens is 1. The third-order valence-electron chi connectivity index (χ3n) is 9.12. The fraction of sp³-hybridized carbons (Fsp3) is 0.500. The summed E-state index contributed by atoms with van der Waals surface area (Å²) in [7, 11) is 0. The van der Waals surface area contributed by atoms with Gasteiger partial charge in [0.1, 0.15) is 6.29 Å². The van der Waals surface area contributed by atoms with Crippen molar-refractivity contribution in [3.05, 3.63) is 70.4 Å². The van der Waals surface area contributed by atoms with Gasteiger partial charge >= 0.3 is 0 Å². The molecule has 35 heavy (non-hydrogen) atoms. The summed E-state index contributed by atoms with van der Waals surface area (Å²) in [5.74, 6) is 0.585. The second-order valence-corrected chi connectivity index (χ2v) is 11.3. The fourth-order valence-corrected chi connectivity index (χ4v) is 7.43. The Labute approximate surface area is 213 Å². The molecule has 184 valence electrons. The highest BCUT2D eigenvalue weighted by molar-refractivity contribution is 6.35. The number of carbonyl (C=O) groups is 1. The number of carbonyl (C=O) groups excluding carboxylic acids is 1. The molecule has 1 N–H and O–H groups in total. The van der Waals surface area contributed by atoms with Crippen LogP contribution in [0.5, 0.6) is 0 Å². The molecular formula is C30H36ClN3O. The first kappa shape index (κ1) is 23.3. The lowest BCUT2D eigenvalue weighted by Gasteiger charge is -2.47.